The molecule has 0 saturated carbocycles. The predicted molar refractivity (Wildman–Crippen MR) is 88.0 cm³/mol. The van der Waals surface area contributed by atoms with Crippen molar-refractivity contribution < 1.29 is 13.5 Å². The monoisotopic (exact) mass is 339 g/mol. The highest BCUT2D eigenvalue weighted by Gasteiger charge is 2.17. The van der Waals surface area contributed by atoms with Crippen LogP contribution < -0.4 is 10.5 Å². The smallest absolute Gasteiger partial charge is 0.165 e. The molecule has 124 valence electrons. The van der Waals surface area contributed by atoms with Crippen molar-refractivity contribution in [1.82, 2.24) is 20.2 Å². The Kier molecular flexibility index (Phi) is 3.50. The van der Waals surface area contributed by atoms with Crippen molar-refractivity contribution in [2.24, 2.45) is 0 Å². The molecule has 0 aliphatic rings. The number of aromatic amines is 1. The summed E-state index contributed by atoms with van der Waals surface area (Å²) in [5.41, 5.74) is 6.75. The van der Waals surface area contributed by atoms with Gasteiger partial charge in [-0.15, -0.1) is 0 Å². The van der Waals surface area contributed by atoms with Gasteiger partial charge in [-0.2, -0.15) is 5.10 Å². The van der Waals surface area contributed by atoms with Crippen LogP contribution in [0.5, 0.6) is 11.5 Å². The van der Waals surface area contributed by atoms with Crippen molar-refractivity contribution in [3.8, 4) is 22.8 Å². The lowest BCUT2D eigenvalue weighted by Crippen LogP contribution is -1.94. The third-order valence-electron chi connectivity index (χ3n) is 3.65. The van der Waals surface area contributed by atoms with Crippen LogP contribution in [0, 0.1) is 11.6 Å². The van der Waals surface area contributed by atoms with Crippen molar-refractivity contribution in [3.05, 3.63) is 60.4 Å². The van der Waals surface area contributed by atoms with Crippen LogP contribution in [0.1, 0.15) is 0 Å². The van der Waals surface area contributed by atoms with E-state index in [0.29, 0.717) is 16.7 Å². The van der Waals surface area contributed by atoms with Crippen LogP contribution in [-0.2, 0) is 0 Å². The van der Waals surface area contributed by atoms with E-state index >= 15 is 0 Å². The molecule has 2 aromatic heterocycles. The standard InChI is InChI=1S/C17H11F2N5O/c18-11-3-1-2-4-13(11)25-9-5-6-10(12(19)7-9)15-14-16(20)21-8-22-17(14)24-23-15/h1-8H,(H3,20,21,22,23,24). The zero-order valence-corrected chi connectivity index (χ0v) is 12.7. The molecular weight excluding hydrogens is 328 g/mol. The second-order valence-electron chi connectivity index (χ2n) is 5.23. The number of rotatable bonds is 3. The Labute approximate surface area is 140 Å². The fraction of sp³-hybridized carbons (Fsp3) is 0. The number of nitrogens with two attached hydrogens (primary N) is 1. The molecule has 4 rings (SSSR count). The van der Waals surface area contributed by atoms with Crippen LogP contribution in [0.25, 0.3) is 22.3 Å². The van der Waals surface area contributed by atoms with Gasteiger partial charge in [0.05, 0.1) is 5.39 Å². The highest BCUT2D eigenvalue weighted by molar-refractivity contribution is 5.97. The van der Waals surface area contributed by atoms with Crippen LogP contribution in [0.4, 0.5) is 14.6 Å². The molecule has 25 heavy (non-hydrogen) atoms. The van der Waals surface area contributed by atoms with Gasteiger partial charge >= 0.3 is 0 Å². The zero-order chi connectivity index (χ0) is 17.4. The summed E-state index contributed by atoms with van der Waals surface area (Å²) in [6.07, 6.45) is 1.29. The fourth-order valence-electron chi connectivity index (χ4n) is 2.48. The van der Waals surface area contributed by atoms with Crippen molar-refractivity contribution in [2.75, 3.05) is 5.73 Å². The molecule has 0 unspecified atom stereocenters. The highest BCUT2D eigenvalue weighted by atomic mass is 19.1. The zero-order valence-electron chi connectivity index (χ0n) is 12.7. The minimum atomic E-state index is -0.592. The maximum Gasteiger partial charge on any atom is 0.165 e. The summed E-state index contributed by atoms with van der Waals surface area (Å²) in [4.78, 5) is 7.90. The minimum Gasteiger partial charge on any atom is -0.454 e. The van der Waals surface area contributed by atoms with Crippen LogP contribution in [0.3, 0.4) is 0 Å². The Bertz CT molecular complexity index is 1080. The third-order valence-corrected chi connectivity index (χ3v) is 3.65. The van der Waals surface area contributed by atoms with Crippen LogP contribution in [-0.4, -0.2) is 20.2 Å². The molecule has 0 radical (unpaired) electrons. The summed E-state index contributed by atoms with van der Waals surface area (Å²) in [6.45, 7) is 0. The molecule has 6 nitrogen and oxygen atoms in total. The Morgan fingerprint density at radius 1 is 1.00 bits per heavy atom. The Morgan fingerprint density at radius 3 is 2.64 bits per heavy atom. The van der Waals surface area contributed by atoms with E-state index in [9.17, 15) is 8.78 Å². The number of nitrogens with zero attached hydrogens (tertiary/aromatic N) is 3. The number of para-hydroxylation sites is 1. The summed E-state index contributed by atoms with van der Waals surface area (Å²) >= 11 is 0. The molecule has 3 N–H and O–H groups in total. The second-order valence-corrected chi connectivity index (χ2v) is 5.23. The van der Waals surface area contributed by atoms with Gasteiger partial charge in [0.15, 0.2) is 17.2 Å². The van der Waals surface area contributed by atoms with Crippen LogP contribution in [0.2, 0.25) is 0 Å². The molecule has 0 bridgehead atoms. The number of nitrogens with one attached hydrogen (secondary N) is 1. The number of fused-ring (bicyclic) bond motifs is 1. The highest BCUT2D eigenvalue weighted by Crippen LogP contribution is 2.33. The topological polar surface area (TPSA) is 89.7 Å². The second kappa shape index (κ2) is 5.82. The van der Waals surface area contributed by atoms with Gasteiger partial charge in [-0.25, -0.2) is 18.7 Å². The number of ether oxygens (including phenoxy) is 1. The number of H-pyrrole nitrogens is 1. The summed E-state index contributed by atoms with van der Waals surface area (Å²) < 4.78 is 33.6. The molecule has 0 spiro atoms. The van der Waals surface area contributed by atoms with Crippen LogP contribution >= 0.6 is 0 Å². The van der Waals surface area contributed by atoms with Gasteiger partial charge in [-0.3, -0.25) is 5.10 Å². The SMILES string of the molecule is Nc1ncnc2[nH]nc(-c3ccc(Oc4ccccc4F)cc3F)c12. The first-order chi connectivity index (χ1) is 12.1. The first kappa shape index (κ1) is 15.0. The molecule has 0 saturated heterocycles. The molecule has 0 fully saturated rings. The lowest BCUT2D eigenvalue weighted by atomic mass is 10.1. The van der Waals surface area contributed by atoms with E-state index in [0.717, 1.165) is 6.07 Å². The lowest BCUT2D eigenvalue weighted by Gasteiger charge is -2.08. The number of hydrogen-bond acceptors (Lipinski definition) is 5. The summed E-state index contributed by atoms with van der Waals surface area (Å²) in [6, 6.07) is 10.0. The van der Waals surface area contributed by atoms with Crippen molar-refractivity contribution in [3.63, 3.8) is 0 Å². The average molecular weight is 339 g/mol. The summed E-state index contributed by atoms with van der Waals surface area (Å²) in [5, 5.41) is 7.19. The third kappa shape index (κ3) is 2.63. The molecule has 0 aliphatic carbocycles. The lowest BCUT2D eigenvalue weighted by molar-refractivity contribution is 0.439. The molecule has 0 atom stereocenters. The minimum absolute atomic E-state index is 0.0116. The molecule has 2 heterocycles. The van der Waals surface area contributed by atoms with Gasteiger partial charge in [-0.1, -0.05) is 12.1 Å². The normalized spacial score (nSPS) is 11.0. The van der Waals surface area contributed by atoms with E-state index in [-0.39, 0.29) is 22.9 Å². The van der Waals surface area contributed by atoms with E-state index in [2.05, 4.69) is 20.2 Å². The molecule has 8 heteroatoms. The van der Waals surface area contributed by atoms with Gasteiger partial charge in [0, 0.05) is 11.6 Å². The number of aromatic nitrogens is 4. The summed E-state index contributed by atoms with van der Waals surface area (Å²) in [5.74, 6) is -0.756. The number of benzene rings is 2. The maximum atomic E-state index is 14.6. The Balaban J connectivity index is 1.74. The summed E-state index contributed by atoms with van der Waals surface area (Å²) in [7, 11) is 0. The first-order valence-electron chi connectivity index (χ1n) is 7.30. The van der Waals surface area contributed by atoms with Gasteiger partial charge in [0.1, 0.15) is 29.4 Å². The van der Waals surface area contributed by atoms with E-state index in [1.54, 1.807) is 12.1 Å². The fourth-order valence-corrected chi connectivity index (χ4v) is 2.48. The predicted octanol–water partition coefficient (Wildman–Crippen LogP) is 3.67. The number of nitrogen functional groups attached to an aromatic ring is 1. The van der Waals surface area contributed by atoms with E-state index in [1.165, 1.54) is 30.6 Å². The van der Waals surface area contributed by atoms with Gasteiger partial charge in [-0.05, 0) is 24.3 Å². The number of halogens is 2. The molecule has 0 amide bonds. The van der Waals surface area contributed by atoms with Gasteiger partial charge < -0.3 is 10.5 Å². The number of hydrogen-bond donors (Lipinski definition) is 2. The average Bonchev–Trinajstić information content (AvgIpc) is 3.02. The molecule has 2 aromatic carbocycles. The van der Waals surface area contributed by atoms with E-state index < -0.39 is 11.6 Å². The van der Waals surface area contributed by atoms with E-state index in [4.69, 9.17) is 10.5 Å². The Morgan fingerprint density at radius 2 is 1.84 bits per heavy atom. The Hall–Kier alpha value is -3.55. The maximum absolute atomic E-state index is 14.6. The number of anilines is 1. The molecular formula is C17H11F2N5O. The van der Waals surface area contributed by atoms with Crippen LogP contribution in [0.15, 0.2) is 48.8 Å². The van der Waals surface area contributed by atoms with E-state index in [1.807, 2.05) is 0 Å². The quantitative estimate of drug-likeness (QED) is 0.594. The van der Waals surface area contributed by atoms with Gasteiger partial charge in [0.2, 0.25) is 0 Å². The van der Waals surface area contributed by atoms with Crippen molar-refractivity contribution >= 4 is 16.9 Å². The van der Waals surface area contributed by atoms with Gasteiger partial charge in [0.25, 0.3) is 0 Å². The first-order valence-corrected chi connectivity index (χ1v) is 7.30. The van der Waals surface area contributed by atoms with Crippen molar-refractivity contribution in [1.29, 1.82) is 0 Å². The largest absolute Gasteiger partial charge is 0.454 e. The molecule has 4 aromatic rings. The molecule has 0 aliphatic heterocycles. The van der Waals surface area contributed by atoms with Crippen molar-refractivity contribution in [2.45, 2.75) is 0 Å².